The summed E-state index contributed by atoms with van der Waals surface area (Å²) in [7, 11) is 0. The molecule has 1 saturated carbocycles. The van der Waals surface area contributed by atoms with Crippen LogP contribution in [0.3, 0.4) is 0 Å². The number of carbonyl (C=O) groups excluding carboxylic acids is 1. The third-order valence-electron chi connectivity index (χ3n) is 5.08. The lowest BCUT2D eigenvalue weighted by Crippen LogP contribution is -2.45. The van der Waals surface area contributed by atoms with E-state index in [9.17, 15) is 15.0 Å². The molecular weight excluding hydrogens is 254 g/mol. The van der Waals surface area contributed by atoms with Crippen LogP contribution in [0, 0.1) is 5.41 Å². The highest BCUT2D eigenvalue weighted by atomic mass is 16.4. The van der Waals surface area contributed by atoms with Crippen molar-refractivity contribution in [1.29, 1.82) is 0 Å². The summed E-state index contributed by atoms with van der Waals surface area (Å²) < 4.78 is 0. The molecule has 1 unspecified atom stereocenters. The fourth-order valence-corrected chi connectivity index (χ4v) is 3.53. The minimum absolute atomic E-state index is 0.0576. The lowest BCUT2D eigenvalue weighted by atomic mass is 9.97. The van der Waals surface area contributed by atoms with Gasteiger partial charge >= 0.3 is 0 Å². The second-order valence-electron chi connectivity index (χ2n) is 6.51. The molecule has 2 N–H and O–H groups in total. The maximum absolute atomic E-state index is 12.1. The largest absolute Gasteiger partial charge is 0.389 e. The molecule has 0 aromatic heterocycles. The van der Waals surface area contributed by atoms with Crippen molar-refractivity contribution in [3.63, 3.8) is 0 Å². The zero-order chi connectivity index (χ0) is 14.5. The van der Waals surface area contributed by atoms with Gasteiger partial charge in [0.05, 0.1) is 12.1 Å². The fraction of sp³-hybridized carbons (Fsp3) is 0.562. The Bertz CT molecular complexity index is 528. The Balaban J connectivity index is 1.84. The molecule has 1 saturated heterocycles. The SMILES string of the molecule is CC1(C)C(O)[C@]1(O)[C@@H]1CCC(=O)N1Cc1ccccc1. The van der Waals surface area contributed by atoms with Gasteiger partial charge in [-0.05, 0) is 12.0 Å². The van der Waals surface area contributed by atoms with E-state index in [1.165, 1.54) is 0 Å². The van der Waals surface area contributed by atoms with Crippen molar-refractivity contribution in [1.82, 2.24) is 4.90 Å². The van der Waals surface area contributed by atoms with Gasteiger partial charge in [0.25, 0.3) is 0 Å². The van der Waals surface area contributed by atoms with E-state index < -0.39 is 17.1 Å². The molecular formula is C16H21NO3. The zero-order valence-corrected chi connectivity index (χ0v) is 11.9. The second kappa shape index (κ2) is 4.30. The summed E-state index contributed by atoms with van der Waals surface area (Å²) in [4.78, 5) is 13.8. The average Bonchev–Trinajstić information content (AvgIpc) is 2.73. The van der Waals surface area contributed by atoms with Gasteiger partial charge in [-0.3, -0.25) is 4.79 Å². The van der Waals surface area contributed by atoms with Gasteiger partial charge in [-0.2, -0.15) is 0 Å². The molecule has 0 radical (unpaired) electrons. The molecule has 2 fully saturated rings. The third-order valence-corrected chi connectivity index (χ3v) is 5.08. The Morgan fingerprint density at radius 3 is 2.45 bits per heavy atom. The topological polar surface area (TPSA) is 60.8 Å². The monoisotopic (exact) mass is 275 g/mol. The predicted octanol–water partition coefficient (Wildman–Crippen LogP) is 1.31. The molecule has 2 aliphatic rings. The molecule has 4 heteroatoms. The average molecular weight is 275 g/mol. The van der Waals surface area contributed by atoms with Crippen LogP contribution >= 0.6 is 0 Å². The van der Waals surface area contributed by atoms with E-state index in [2.05, 4.69) is 0 Å². The number of likely N-dealkylation sites (tertiary alicyclic amines) is 1. The summed E-state index contributed by atoms with van der Waals surface area (Å²) in [5, 5.41) is 20.8. The van der Waals surface area contributed by atoms with Crippen LogP contribution in [-0.2, 0) is 11.3 Å². The molecule has 0 spiro atoms. The van der Waals surface area contributed by atoms with Crippen molar-refractivity contribution in [2.75, 3.05) is 0 Å². The first-order chi connectivity index (χ1) is 9.39. The van der Waals surface area contributed by atoms with Crippen molar-refractivity contribution in [2.24, 2.45) is 5.41 Å². The molecule has 1 aliphatic carbocycles. The number of aliphatic hydroxyl groups excluding tert-OH is 1. The Kier molecular flexibility index (Phi) is 2.92. The fourth-order valence-electron chi connectivity index (χ4n) is 3.53. The molecule has 3 rings (SSSR count). The minimum Gasteiger partial charge on any atom is -0.389 e. The van der Waals surface area contributed by atoms with Gasteiger partial charge in [0.2, 0.25) is 5.91 Å². The molecule has 1 heterocycles. The van der Waals surface area contributed by atoms with E-state index in [1.54, 1.807) is 4.90 Å². The summed E-state index contributed by atoms with van der Waals surface area (Å²) in [5.41, 5.74) is -0.671. The van der Waals surface area contributed by atoms with Crippen LogP contribution < -0.4 is 0 Å². The van der Waals surface area contributed by atoms with Gasteiger partial charge in [0.15, 0.2) is 0 Å². The number of carbonyl (C=O) groups is 1. The van der Waals surface area contributed by atoms with Crippen molar-refractivity contribution in [3.8, 4) is 0 Å². The maximum Gasteiger partial charge on any atom is 0.223 e. The van der Waals surface area contributed by atoms with Gasteiger partial charge in [0, 0.05) is 18.4 Å². The summed E-state index contributed by atoms with van der Waals surface area (Å²) in [5.74, 6) is 0.0576. The molecule has 1 aromatic carbocycles. The van der Waals surface area contributed by atoms with E-state index in [-0.39, 0.29) is 11.9 Å². The van der Waals surface area contributed by atoms with E-state index in [0.29, 0.717) is 19.4 Å². The first-order valence-electron chi connectivity index (χ1n) is 7.13. The normalized spacial score (nSPS) is 35.4. The summed E-state index contributed by atoms with van der Waals surface area (Å²) in [6.45, 7) is 4.19. The first kappa shape index (κ1) is 13.6. The van der Waals surface area contributed by atoms with Crippen LogP contribution in [0.15, 0.2) is 30.3 Å². The van der Waals surface area contributed by atoms with Gasteiger partial charge in [-0.15, -0.1) is 0 Å². The standard InChI is InChI=1S/C16H21NO3/c1-15(2)14(19)16(15,20)12-8-9-13(18)17(12)10-11-6-4-3-5-7-11/h3-7,12,14,19-20H,8-10H2,1-2H3/t12-,14?,16+/m0/s1. The first-order valence-corrected chi connectivity index (χ1v) is 7.13. The highest BCUT2D eigenvalue weighted by Crippen LogP contribution is 2.60. The van der Waals surface area contributed by atoms with Gasteiger partial charge < -0.3 is 15.1 Å². The van der Waals surface area contributed by atoms with Gasteiger partial charge in [-0.25, -0.2) is 0 Å². The van der Waals surface area contributed by atoms with E-state index in [4.69, 9.17) is 0 Å². The quantitative estimate of drug-likeness (QED) is 0.874. The number of rotatable bonds is 3. The van der Waals surface area contributed by atoms with Crippen molar-refractivity contribution < 1.29 is 15.0 Å². The number of hydrogen-bond acceptors (Lipinski definition) is 3. The van der Waals surface area contributed by atoms with Gasteiger partial charge in [-0.1, -0.05) is 44.2 Å². The lowest BCUT2D eigenvalue weighted by Gasteiger charge is -2.31. The molecule has 108 valence electrons. The van der Waals surface area contributed by atoms with Crippen molar-refractivity contribution >= 4 is 5.91 Å². The molecule has 3 atom stereocenters. The Labute approximate surface area is 119 Å². The number of nitrogens with zero attached hydrogens (tertiary/aromatic N) is 1. The molecule has 4 nitrogen and oxygen atoms in total. The molecule has 1 amide bonds. The van der Waals surface area contributed by atoms with Crippen molar-refractivity contribution in [3.05, 3.63) is 35.9 Å². The number of hydrogen-bond donors (Lipinski definition) is 2. The van der Waals surface area contributed by atoms with Crippen LogP contribution in [0.25, 0.3) is 0 Å². The maximum atomic E-state index is 12.1. The smallest absolute Gasteiger partial charge is 0.223 e. The minimum atomic E-state index is -1.17. The summed E-state index contributed by atoms with van der Waals surface area (Å²) >= 11 is 0. The van der Waals surface area contributed by atoms with Crippen LogP contribution in [0.4, 0.5) is 0 Å². The zero-order valence-electron chi connectivity index (χ0n) is 11.9. The van der Waals surface area contributed by atoms with Gasteiger partial charge in [0.1, 0.15) is 5.60 Å². The Hall–Kier alpha value is -1.39. The van der Waals surface area contributed by atoms with Crippen LogP contribution in [0.5, 0.6) is 0 Å². The van der Waals surface area contributed by atoms with E-state index >= 15 is 0 Å². The van der Waals surface area contributed by atoms with E-state index in [1.807, 2.05) is 44.2 Å². The molecule has 20 heavy (non-hydrogen) atoms. The summed E-state index contributed by atoms with van der Waals surface area (Å²) in [6, 6.07) is 9.47. The highest BCUT2D eigenvalue weighted by molar-refractivity contribution is 5.79. The number of benzene rings is 1. The predicted molar refractivity (Wildman–Crippen MR) is 74.8 cm³/mol. The number of amides is 1. The molecule has 1 aromatic rings. The Morgan fingerprint density at radius 1 is 1.30 bits per heavy atom. The summed E-state index contributed by atoms with van der Waals surface area (Å²) in [6.07, 6.45) is 0.301. The molecule has 0 bridgehead atoms. The number of aliphatic hydroxyl groups is 2. The molecule has 1 aliphatic heterocycles. The third kappa shape index (κ3) is 1.71. The van der Waals surface area contributed by atoms with Crippen molar-refractivity contribution in [2.45, 2.75) is 51.0 Å². The highest BCUT2D eigenvalue weighted by Gasteiger charge is 2.75. The Morgan fingerprint density at radius 2 is 1.90 bits per heavy atom. The van der Waals surface area contributed by atoms with Crippen LogP contribution in [0.2, 0.25) is 0 Å². The second-order valence-corrected chi connectivity index (χ2v) is 6.51. The lowest BCUT2D eigenvalue weighted by molar-refractivity contribution is -0.132. The van der Waals surface area contributed by atoms with Crippen LogP contribution in [0.1, 0.15) is 32.3 Å². The van der Waals surface area contributed by atoms with E-state index in [0.717, 1.165) is 5.56 Å². The van der Waals surface area contributed by atoms with Crippen LogP contribution in [-0.4, -0.2) is 38.8 Å².